The van der Waals surface area contributed by atoms with Crippen molar-refractivity contribution < 1.29 is 17.9 Å². The summed E-state index contributed by atoms with van der Waals surface area (Å²) in [4.78, 5) is 15.2. The maximum absolute atomic E-state index is 15.1. The third-order valence-corrected chi connectivity index (χ3v) is 7.68. The zero-order valence-corrected chi connectivity index (χ0v) is 19.1. The molecule has 2 unspecified atom stereocenters. The third-order valence-electron chi connectivity index (χ3n) is 5.48. The number of alkyl halides is 2. The van der Waals surface area contributed by atoms with Gasteiger partial charge in [0.15, 0.2) is 10.8 Å². The minimum absolute atomic E-state index is 0.126. The highest BCUT2D eigenvalue weighted by Gasteiger charge is 2.39. The number of morpholine rings is 1. The number of halogens is 5. The van der Waals surface area contributed by atoms with Gasteiger partial charge in [-0.2, -0.15) is 4.98 Å². The lowest BCUT2D eigenvalue weighted by Crippen LogP contribution is -2.46. The predicted octanol–water partition coefficient (Wildman–Crippen LogP) is 5.56. The zero-order valence-electron chi connectivity index (χ0n) is 15.9. The minimum atomic E-state index is -2.62. The van der Waals surface area contributed by atoms with Gasteiger partial charge in [-0.05, 0) is 34.8 Å². The maximum Gasteiger partial charge on any atom is 0.289 e. The lowest BCUT2D eigenvalue weighted by atomic mass is 10.2. The number of fused-ring (bicyclic) bond motifs is 3. The van der Waals surface area contributed by atoms with Crippen LogP contribution in [0.2, 0.25) is 5.02 Å². The van der Waals surface area contributed by atoms with Crippen molar-refractivity contribution in [2.75, 3.05) is 23.4 Å². The third kappa shape index (κ3) is 3.85. The van der Waals surface area contributed by atoms with Crippen molar-refractivity contribution in [1.29, 1.82) is 0 Å². The van der Waals surface area contributed by atoms with Gasteiger partial charge >= 0.3 is 0 Å². The summed E-state index contributed by atoms with van der Waals surface area (Å²) in [5.41, 5.74) is 0.574. The van der Waals surface area contributed by atoms with Crippen molar-refractivity contribution in [3.05, 3.63) is 37.5 Å². The molecule has 0 radical (unpaired) electrons. The normalized spacial score (nSPS) is 20.8. The van der Waals surface area contributed by atoms with E-state index >= 15 is 4.39 Å². The van der Waals surface area contributed by atoms with Crippen LogP contribution in [0.3, 0.4) is 0 Å². The highest BCUT2D eigenvalue weighted by molar-refractivity contribution is 9.10. The first-order valence-corrected chi connectivity index (χ1v) is 11.6. The molecule has 2 saturated heterocycles. The Labute approximate surface area is 192 Å². The Bertz CT molecular complexity index is 1130. The summed E-state index contributed by atoms with van der Waals surface area (Å²) in [6.45, 7) is 1.30. The second-order valence-electron chi connectivity index (χ2n) is 7.42. The fourth-order valence-electron chi connectivity index (χ4n) is 4.04. The monoisotopic (exact) mass is 533 g/mol. The molecule has 2 aliphatic rings. The number of nitrogens with one attached hydrogen (secondary N) is 1. The molecule has 2 aliphatic heterocycles. The molecule has 1 aromatic carbocycles. The summed E-state index contributed by atoms with van der Waals surface area (Å²) in [5.74, 6) is 0.194. The van der Waals surface area contributed by atoms with Gasteiger partial charge < -0.3 is 15.0 Å². The molecule has 2 atom stereocenters. The largest absolute Gasteiger partial charge is 0.377 e. The number of benzene rings is 1. The van der Waals surface area contributed by atoms with E-state index in [1.54, 1.807) is 11.4 Å². The fraction of sp³-hybridized carbons (Fsp3) is 0.421. The zero-order chi connectivity index (χ0) is 21.7. The first kappa shape index (κ1) is 21.2. The summed E-state index contributed by atoms with van der Waals surface area (Å²) in [6, 6.07) is 1.85. The molecule has 1 N–H and O–H groups in total. The van der Waals surface area contributed by atoms with E-state index in [2.05, 4.69) is 41.1 Å². The van der Waals surface area contributed by atoms with E-state index < -0.39 is 12.2 Å². The SMILES string of the molecule is Fc1c(Br)c(Cl)cc2c(NCc3csc(C(F)F)n3)nc(N3C4CCC3COC4)nc12. The van der Waals surface area contributed by atoms with Crippen molar-refractivity contribution >= 4 is 61.5 Å². The van der Waals surface area contributed by atoms with E-state index in [0.717, 1.165) is 24.2 Å². The van der Waals surface area contributed by atoms with Crippen LogP contribution in [0.5, 0.6) is 0 Å². The Morgan fingerprint density at radius 1 is 1.26 bits per heavy atom. The first-order valence-electron chi connectivity index (χ1n) is 9.60. The number of hydrogen-bond acceptors (Lipinski definition) is 7. The molecular weight excluding hydrogens is 519 g/mol. The maximum atomic E-state index is 15.1. The number of nitrogens with zero attached hydrogens (tertiary/aromatic N) is 4. The molecule has 2 bridgehead atoms. The van der Waals surface area contributed by atoms with Crippen molar-refractivity contribution in [2.24, 2.45) is 0 Å². The molecule has 3 aromatic rings. The molecule has 0 saturated carbocycles. The Morgan fingerprint density at radius 2 is 2.00 bits per heavy atom. The van der Waals surface area contributed by atoms with Crippen LogP contribution >= 0.6 is 38.9 Å². The number of ether oxygens (including phenoxy) is 1. The average molecular weight is 535 g/mol. The van der Waals surface area contributed by atoms with Crippen molar-refractivity contribution in [3.63, 3.8) is 0 Å². The highest BCUT2D eigenvalue weighted by Crippen LogP contribution is 2.38. The molecule has 0 spiro atoms. The molecule has 0 aliphatic carbocycles. The van der Waals surface area contributed by atoms with Crippen molar-refractivity contribution in [2.45, 2.75) is 37.9 Å². The Kier molecular flexibility index (Phi) is 5.70. The first-order chi connectivity index (χ1) is 14.9. The Hall–Kier alpha value is -1.69. The van der Waals surface area contributed by atoms with Gasteiger partial charge in [-0.3, -0.25) is 0 Å². The van der Waals surface area contributed by atoms with Crippen LogP contribution < -0.4 is 10.2 Å². The van der Waals surface area contributed by atoms with Gasteiger partial charge in [0.1, 0.15) is 11.3 Å². The molecule has 4 heterocycles. The van der Waals surface area contributed by atoms with Crippen LogP contribution in [-0.2, 0) is 11.3 Å². The van der Waals surface area contributed by atoms with Crippen LogP contribution in [0, 0.1) is 5.82 Å². The summed E-state index contributed by atoms with van der Waals surface area (Å²) >= 11 is 10.2. The van der Waals surface area contributed by atoms with Crippen LogP contribution in [0.15, 0.2) is 15.9 Å². The average Bonchev–Trinajstić information content (AvgIpc) is 3.33. The summed E-state index contributed by atoms with van der Waals surface area (Å²) < 4.78 is 46.5. The van der Waals surface area contributed by atoms with Crippen molar-refractivity contribution in [3.8, 4) is 0 Å². The summed E-state index contributed by atoms with van der Waals surface area (Å²) in [6.07, 6.45) is -0.708. The summed E-state index contributed by atoms with van der Waals surface area (Å²) in [5, 5.41) is 5.01. The van der Waals surface area contributed by atoms with Gasteiger partial charge in [0.05, 0.1) is 47.0 Å². The van der Waals surface area contributed by atoms with Crippen LogP contribution in [-0.4, -0.2) is 40.2 Å². The van der Waals surface area contributed by atoms with Crippen molar-refractivity contribution in [1.82, 2.24) is 15.0 Å². The Morgan fingerprint density at radius 3 is 2.68 bits per heavy atom. The van der Waals surface area contributed by atoms with E-state index in [0.29, 0.717) is 36.1 Å². The highest BCUT2D eigenvalue weighted by atomic mass is 79.9. The van der Waals surface area contributed by atoms with E-state index in [4.69, 9.17) is 16.3 Å². The number of hydrogen-bond donors (Lipinski definition) is 1. The van der Waals surface area contributed by atoms with Crippen LogP contribution in [0.25, 0.3) is 10.9 Å². The molecular formula is C19H16BrClF3N5OS. The lowest BCUT2D eigenvalue weighted by molar-refractivity contribution is 0.0898. The Balaban J connectivity index is 1.56. The van der Waals surface area contributed by atoms with Gasteiger partial charge in [-0.1, -0.05) is 11.6 Å². The van der Waals surface area contributed by atoms with Crippen LogP contribution in [0.4, 0.5) is 24.9 Å². The number of aromatic nitrogens is 3. The molecule has 164 valence electrons. The molecule has 2 fully saturated rings. The van der Waals surface area contributed by atoms with E-state index in [-0.39, 0.29) is 38.6 Å². The second kappa shape index (κ2) is 8.34. The quantitative estimate of drug-likeness (QED) is 0.433. The van der Waals surface area contributed by atoms with Gasteiger partial charge in [0, 0.05) is 10.8 Å². The topological polar surface area (TPSA) is 63.2 Å². The molecule has 31 heavy (non-hydrogen) atoms. The predicted molar refractivity (Wildman–Crippen MR) is 117 cm³/mol. The fourth-order valence-corrected chi connectivity index (χ4v) is 5.20. The molecule has 0 amide bonds. The smallest absolute Gasteiger partial charge is 0.289 e. The number of thiazole rings is 1. The second-order valence-corrected chi connectivity index (χ2v) is 9.51. The van der Waals surface area contributed by atoms with Crippen LogP contribution in [0.1, 0.15) is 30.0 Å². The van der Waals surface area contributed by atoms with E-state index in [1.165, 1.54) is 0 Å². The van der Waals surface area contributed by atoms with Gasteiger partial charge in [0.2, 0.25) is 5.95 Å². The number of rotatable bonds is 5. The minimum Gasteiger partial charge on any atom is -0.377 e. The summed E-state index contributed by atoms with van der Waals surface area (Å²) in [7, 11) is 0. The molecule has 12 heteroatoms. The molecule has 2 aromatic heterocycles. The molecule has 5 rings (SSSR count). The number of anilines is 2. The molecule has 6 nitrogen and oxygen atoms in total. The van der Waals surface area contributed by atoms with E-state index in [9.17, 15) is 8.78 Å². The lowest BCUT2D eigenvalue weighted by Gasteiger charge is -2.35. The standard InChI is InChI=1S/C19H16BrClF3N5OS/c20-13-12(21)3-11-15(14(13)22)27-19(29-9-1-2-10(29)6-30-5-9)28-17(11)25-4-8-7-31-18(26-8)16(23)24/h3,7,9-10,16H,1-2,4-6H2,(H,25,27,28). The van der Waals surface area contributed by atoms with Gasteiger partial charge in [0.25, 0.3) is 6.43 Å². The van der Waals surface area contributed by atoms with Gasteiger partial charge in [-0.25, -0.2) is 23.1 Å². The van der Waals surface area contributed by atoms with E-state index in [1.807, 2.05) is 0 Å². The van der Waals surface area contributed by atoms with Gasteiger partial charge in [-0.15, -0.1) is 11.3 Å².